The number of anilines is 1. The molecule has 0 aliphatic carbocycles. The molecule has 0 unspecified atom stereocenters. The molecule has 0 saturated heterocycles. The highest BCUT2D eigenvalue weighted by Gasteiger charge is 2.35. The van der Waals surface area contributed by atoms with E-state index in [4.69, 9.17) is 9.47 Å². The zero-order chi connectivity index (χ0) is 40.2. The molecule has 2 aliphatic rings. The molecule has 4 atom stereocenters. The molecule has 4 rings (SSSR count). The van der Waals surface area contributed by atoms with E-state index in [-0.39, 0.29) is 42.7 Å². The zero-order valence-corrected chi connectivity index (χ0v) is 33.6. The lowest BCUT2D eigenvalue weighted by Gasteiger charge is -2.32. The van der Waals surface area contributed by atoms with E-state index in [1.807, 2.05) is 26.0 Å². The van der Waals surface area contributed by atoms with E-state index >= 15 is 0 Å². The molecule has 4 amide bonds. The Kier molecular flexibility index (Phi) is 16.3. The molecule has 2 bridgehead atoms. The van der Waals surface area contributed by atoms with Gasteiger partial charge in [-0.3, -0.25) is 14.4 Å². The van der Waals surface area contributed by atoms with Crippen molar-refractivity contribution in [2.45, 2.75) is 122 Å². The predicted molar refractivity (Wildman–Crippen MR) is 206 cm³/mol. The average Bonchev–Trinajstić information content (AvgIpc) is 3.07. The second-order valence-corrected chi connectivity index (χ2v) is 17.5. The van der Waals surface area contributed by atoms with Crippen LogP contribution in [0, 0.1) is 11.8 Å². The first-order valence-electron chi connectivity index (χ1n) is 18.6. The topological polar surface area (TPSA) is 192 Å². The number of nitrogens with zero attached hydrogens (tertiary/aromatic N) is 1. The van der Waals surface area contributed by atoms with Crippen molar-refractivity contribution in [1.82, 2.24) is 20.3 Å². The van der Waals surface area contributed by atoms with Crippen LogP contribution < -0.4 is 26.0 Å². The molecule has 2 aromatic rings. The summed E-state index contributed by atoms with van der Waals surface area (Å²) in [7, 11) is -4.13. The number of aliphatic hydroxyl groups excluding tert-OH is 1. The van der Waals surface area contributed by atoms with E-state index in [0.29, 0.717) is 37.3 Å². The van der Waals surface area contributed by atoms with Gasteiger partial charge in [0.2, 0.25) is 27.7 Å². The Morgan fingerprint density at radius 3 is 2.20 bits per heavy atom. The minimum atomic E-state index is -4.13. The maximum Gasteiger partial charge on any atom is 0.408 e. The van der Waals surface area contributed by atoms with Gasteiger partial charge in [-0.2, -0.15) is 4.31 Å². The first-order valence-corrected chi connectivity index (χ1v) is 20.1. The molecule has 0 spiro atoms. The van der Waals surface area contributed by atoms with Crippen LogP contribution in [-0.2, 0) is 35.6 Å². The Balaban J connectivity index is 1.96. The predicted octanol–water partition coefficient (Wildman–Crippen LogP) is 4.37. The molecule has 2 heterocycles. The maximum atomic E-state index is 14.0. The van der Waals surface area contributed by atoms with E-state index in [1.54, 1.807) is 46.8 Å². The Hall–Kier alpha value is -4.21. The molecular formula is C39H59N5O9S. The van der Waals surface area contributed by atoms with Gasteiger partial charge in [-0.25, -0.2) is 13.2 Å². The Morgan fingerprint density at radius 1 is 0.981 bits per heavy atom. The quantitative estimate of drug-likeness (QED) is 0.221. The lowest BCUT2D eigenvalue weighted by molar-refractivity contribution is -0.132. The molecule has 0 fully saturated rings. The molecule has 0 saturated carbocycles. The number of nitrogens with one attached hydrogen (secondary N) is 4. The molecule has 2 aliphatic heterocycles. The second kappa shape index (κ2) is 19.9. The smallest absolute Gasteiger partial charge is 0.408 e. The normalized spacial score (nSPS) is 19.7. The molecule has 14 nitrogen and oxygen atoms in total. The van der Waals surface area contributed by atoms with Crippen LogP contribution in [0.5, 0.6) is 5.75 Å². The number of fused-ring (bicyclic) bond motifs is 14. The lowest BCUT2D eigenvalue weighted by Crippen LogP contribution is -2.59. The summed E-state index contributed by atoms with van der Waals surface area (Å²) >= 11 is 0. The Morgan fingerprint density at radius 2 is 1.63 bits per heavy atom. The second-order valence-electron chi connectivity index (χ2n) is 15.6. The lowest BCUT2D eigenvalue weighted by atomic mass is 9.98. The van der Waals surface area contributed by atoms with Crippen LogP contribution in [0.15, 0.2) is 53.4 Å². The standard InChI is InChI=1S/C39H59N5O9S/c1-25(2)20-21-44(54(50,51)31-18-14-29(15-19-31)40-27(5)45)24-34(46)33-23-28-12-16-30(17-13-28)52-22-10-9-11-32(42-38(49)53-39(6,7)8)36(47)43-35(26(3)4)37(48)41-33/h12-19,25-26,32-35,46H,9-11,20-24H2,1-8H3,(H,40,45)(H,41,48)(H,42,49)(H,43,47)/t32-,33-,34+,35-/m0/s1. The SMILES string of the molecule is CC(=O)Nc1ccc(S(=O)(=O)N(CCC(C)C)C[C@@H](O)[C@@H]2Cc3ccc(cc3)OCCCC[C@H](NC(=O)OC(C)(C)C)C(=O)N[C@@H](C(C)C)C(=O)N2)cc1. The number of sulfonamides is 1. The fraction of sp³-hybridized carbons (Fsp3) is 0.590. The number of aliphatic hydroxyl groups is 1. The highest BCUT2D eigenvalue weighted by molar-refractivity contribution is 7.89. The molecule has 2 aromatic carbocycles. The van der Waals surface area contributed by atoms with Crippen LogP contribution in [0.3, 0.4) is 0 Å². The van der Waals surface area contributed by atoms with Gasteiger partial charge < -0.3 is 35.8 Å². The van der Waals surface area contributed by atoms with Crippen LogP contribution in [-0.4, -0.2) is 91.2 Å². The summed E-state index contributed by atoms with van der Waals surface area (Å²) in [5.74, 6) is -1.07. The van der Waals surface area contributed by atoms with Crippen molar-refractivity contribution in [2.24, 2.45) is 11.8 Å². The van der Waals surface area contributed by atoms with Crippen LogP contribution in [0.1, 0.15) is 86.6 Å². The van der Waals surface area contributed by atoms with Gasteiger partial charge in [0, 0.05) is 25.7 Å². The van der Waals surface area contributed by atoms with Crippen LogP contribution >= 0.6 is 0 Å². The van der Waals surface area contributed by atoms with Crippen molar-refractivity contribution in [2.75, 3.05) is 25.0 Å². The summed E-state index contributed by atoms with van der Waals surface area (Å²) in [5.41, 5.74) is 0.404. The molecule has 54 heavy (non-hydrogen) atoms. The largest absolute Gasteiger partial charge is 0.494 e. The number of ether oxygens (including phenoxy) is 2. The fourth-order valence-electron chi connectivity index (χ4n) is 5.79. The number of benzene rings is 2. The number of hydrogen-bond donors (Lipinski definition) is 5. The van der Waals surface area contributed by atoms with E-state index in [9.17, 15) is 32.7 Å². The zero-order valence-electron chi connectivity index (χ0n) is 32.8. The van der Waals surface area contributed by atoms with Crippen molar-refractivity contribution in [1.29, 1.82) is 0 Å². The van der Waals surface area contributed by atoms with Crippen LogP contribution in [0.25, 0.3) is 0 Å². The molecule has 0 radical (unpaired) electrons. The third-order valence-electron chi connectivity index (χ3n) is 8.74. The van der Waals surface area contributed by atoms with Crippen molar-refractivity contribution < 1.29 is 42.2 Å². The van der Waals surface area contributed by atoms with E-state index in [2.05, 4.69) is 21.3 Å². The summed E-state index contributed by atoms with van der Waals surface area (Å²) < 4.78 is 40.6. The number of alkyl carbamates (subject to hydrolysis) is 1. The van der Waals surface area contributed by atoms with Crippen LogP contribution in [0.4, 0.5) is 10.5 Å². The third kappa shape index (κ3) is 14.2. The minimum absolute atomic E-state index is 0.0155. The van der Waals surface area contributed by atoms with Crippen molar-refractivity contribution >= 4 is 39.5 Å². The van der Waals surface area contributed by atoms with Gasteiger partial charge in [-0.15, -0.1) is 0 Å². The van der Waals surface area contributed by atoms with Crippen molar-refractivity contribution in [3.8, 4) is 5.75 Å². The average molecular weight is 774 g/mol. The molecule has 300 valence electrons. The number of carbonyl (C=O) groups excluding carboxylic acids is 4. The summed E-state index contributed by atoms with van der Waals surface area (Å²) in [6, 6.07) is 9.98. The molecule has 5 N–H and O–H groups in total. The van der Waals surface area contributed by atoms with E-state index in [0.717, 1.165) is 5.56 Å². The van der Waals surface area contributed by atoms with Gasteiger partial charge in [-0.05, 0) is 107 Å². The van der Waals surface area contributed by atoms with E-state index in [1.165, 1.54) is 35.5 Å². The van der Waals surface area contributed by atoms with Gasteiger partial charge in [0.15, 0.2) is 0 Å². The van der Waals surface area contributed by atoms with Crippen molar-refractivity contribution in [3.63, 3.8) is 0 Å². The monoisotopic (exact) mass is 773 g/mol. The number of hydrogen-bond acceptors (Lipinski definition) is 9. The summed E-state index contributed by atoms with van der Waals surface area (Å²) in [4.78, 5) is 51.9. The van der Waals surface area contributed by atoms with Gasteiger partial charge in [0.1, 0.15) is 23.4 Å². The summed E-state index contributed by atoms with van der Waals surface area (Å²) in [6.45, 7) is 14.1. The molecule has 0 aromatic heterocycles. The van der Waals surface area contributed by atoms with Crippen LogP contribution in [0.2, 0.25) is 0 Å². The summed E-state index contributed by atoms with van der Waals surface area (Å²) in [5, 5.41) is 22.8. The molecular weight excluding hydrogens is 715 g/mol. The third-order valence-corrected chi connectivity index (χ3v) is 10.6. The Bertz CT molecular complexity index is 1660. The number of carbonyl (C=O) groups is 4. The van der Waals surface area contributed by atoms with E-state index < -0.39 is 63.7 Å². The molecule has 15 heteroatoms. The first-order chi connectivity index (χ1) is 25.2. The van der Waals surface area contributed by atoms with Gasteiger partial charge in [0.25, 0.3) is 0 Å². The van der Waals surface area contributed by atoms with Gasteiger partial charge in [-0.1, -0.05) is 39.8 Å². The number of rotatable bonds is 11. The summed E-state index contributed by atoms with van der Waals surface area (Å²) in [6.07, 6.45) is -0.102. The highest BCUT2D eigenvalue weighted by Crippen LogP contribution is 2.22. The number of amides is 4. The first kappa shape index (κ1) is 44.2. The van der Waals surface area contributed by atoms with Gasteiger partial charge in [0.05, 0.1) is 23.6 Å². The van der Waals surface area contributed by atoms with Crippen molar-refractivity contribution in [3.05, 3.63) is 54.1 Å². The maximum absolute atomic E-state index is 14.0. The van der Waals surface area contributed by atoms with Gasteiger partial charge >= 0.3 is 6.09 Å². The Labute approximate surface area is 320 Å². The fourth-order valence-corrected chi connectivity index (χ4v) is 7.26. The highest BCUT2D eigenvalue weighted by atomic mass is 32.2. The minimum Gasteiger partial charge on any atom is -0.494 e.